The summed E-state index contributed by atoms with van der Waals surface area (Å²) in [6.45, 7) is -0.272. The summed E-state index contributed by atoms with van der Waals surface area (Å²) in [7, 11) is -9.15. The van der Waals surface area contributed by atoms with E-state index in [9.17, 15) is 21.9 Å². The van der Waals surface area contributed by atoms with Crippen LogP contribution in [-0.2, 0) is 26.4 Å². The Morgan fingerprint density at radius 1 is 1.15 bits per heavy atom. The highest BCUT2D eigenvalue weighted by molar-refractivity contribution is 7.93. The first-order valence-corrected chi connectivity index (χ1v) is 12.8. The number of aromatic amines is 1. The molecule has 16 heteroatoms. The maximum absolute atomic E-state index is 13.0. The molecular formula is C18H23N9O5S2. The van der Waals surface area contributed by atoms with E-state index in [1.54, 1.807) is 18.2 Å². The predicted molar refractivity (Wildman–Crippen MR) is 124 cm³/mol. The van der Waals surface area contributed by atoms with Gasteiger partial charge in [0.1, 0.15) is 10.7 Å². The van der Waals surface area contributed by atoms with Crippen LogP contribution in [0.25, 0.3) is 22.2 Å². The van der Waals surface area contributed by atoms with Gasteiger partial charge in [-0.2, -0.15) is 5.53 Å². The van der Waals surface area contributed by atoms with Gasteiger partial charge in [0, 0.05) is 17.7 Å². The van der Waals surface area contributed by atoms with Crippen LogP contribution >= 0.6 is 0 Å². The number of fused-ring (bicyclic) bond motifs is 1. The Balaban J connectivity index is 2.49. The van der Waals surface area contributed by atoms with Crippen LogP contribution in [0.1, 0.15) is 11.4 Å². The Morgan fingerprint density at radius 2 is 1.85 bits per heavy atom. The Labute approximate surface area is 194 Å². The van der Waals surface area contributed by atoms with Gasteiger partial charge in [0.15, 0.2) is 15.7 Å². The first kappa shape index (κ1) is 25.3. The van der Waals surface area contributed by atoms with Gasteiger partial charge in [0.25, 0.3) is 0 Å². The zero-order valence-corrected chi connectivity index (χ0v) is 19.3. The molecule has 1 heterocycles. The lowest BCUT2D eigenvalue weighted by atomic mass is 9.97. The molecule has 3 rings (SSSR count). The maximum atomic E-state index is 13.0. The number of aromatic nitrogens is 2. The van der Waals surface area contributed by atoms with Gasteiger partial charge in [-0.15, -0.1) is 5.10 Å². The van der Waals surface area contributed by atoms with Crippen molar-refractivity contribution >= 4 is 36.7 Å². The van der Waals surface area contributed by atoms with Crippen LogP contribution in [0.15, 0.2) is 50.4 Å². The minimum absolute atomic E-state index is 0.103. The summed E-state index contributed by atoms with van der Waals surface area (Å²) in [5.74, 6) is -0.982. The molecule has 0 saturated carbocycles. The summed E-state index contributed by atoms with van der Waals surface area (Å²) in [6, 6.07) is 7.32. The summed E-state index contributed by atoms with van der Waals surface area (Å²) in [5.41, 5.74) is 25.0. The molecule has 0 unspecified atom stereocenters. The summed E-state index contributed by atoms with van der Waals surface area (Å²) in [5, 5.41) is 21.5. The van der Waals surface area contributed by atoms with Gasteiger partial charge >= 0.3 is 0 Å². The Kier molecular flexibility index (Phi) is 7.10. The number of para-hydroxylation sites is 1. The number of nitrogens with zero attached hydrogens (tertiary/aromatic N) is 3. The second kappa shape index (κ2) is 9.53. The van der Waals surface area contributed by atoms with Gasteiger partial charge in [-0.25, -0.2) is 27.0 Å². The number of hydrogen-bond acceptors (Lipinski definition) is 10. The molecule has 0 saturated heterocycles. The van der Waals surface area contributed by atoms with Crippen molar-refractivity contribution in [2.45, 2.75) is 22.4 Å². The van der Waals surface area contributed by atoms with Crippen molar-refractivity contribution in [1.82, 2.24) is 9.97 Å². The van der Waals surface area contributed by atoms with Crippen molar-refractivity contribution < 1.29 is 21.9 Å². The SMILES string of the molecule is N=NN=C(N)c1c(-c2cccc3[nH]c(CN)nc23)ccc(S(=O)(=O)C[C@@H](O)CN)c1S(N)(=O)=O. The number of hydrogen-bond donors (Lipinski definition) is 7. The number of nitrogens with one attached hydrogen (secondary N) is 2. The van der Waals surface area contributed by atoms with E-state index in [4.69, 9.17) is 27.9 Å². The number of sulfone groups is 1. The van der Waals surface area contributed by atoms with Crippen molar-refractivity contribution in [3.8, 4) is 11.1 Å². The number of aliphatic hydroxyl groups is 1. The summed E-state index contributed by atoms with van der Waals surface area (Å²) in [6.07, 6.45) is -1.46. The van der Waals surface area contributed by atoms with E-state index >= 15 is 0 Å². The van der Waals surface area contributed by atoms with Gasteiger partial charge < -0.3 is 27.3 Å². The summed E-state index contributed by atoms with van der Waals surface area (Å²) in [4.78, 5) is 5.85. The number of primary sulfonamides is 1. The number of rotatable bonds is 9. The number of H-pyrrole nitrogens is 1. The minimum atomic E-state index is -4.74. The molecule has 0 aliphatic heterocycles. The van der Waals surface area contributed by atoms with Crippen LogP contribution in [-0.4, -0.2) is 56.1 Å². The fourth-order valence-electron chi connectivity index (χ4n) is 3.48. The second-order valence-corrected chi connectivity index (χ2v) is 10.7. The molecule has 0 bridgehead atoms. The van der Waals surface area contributed by atoms with E-state index in [1.165, 1.54) is 6.07 Å². The van der Waals surface area contributed by atoms with Crippen molar-refractivity contribution in [2.75, 3.05) is 12.3 Å². The van der Waals surface area contributed by atoms with Crippen LogP contribution in [0.3, 0.4) is 0 Å². The normalized spacial score (nSPS) is 13.8. The van der Waals surface area contributed by atoms with Gasteiger partial charge in [-0.3, -0.25) is 0 Å². The average molecular weight is 510 g/mol. The van der Waals surface area contributed by atoms with Gasteiger partial charge in [-0.05, 0) is 17.7 Å². The third-order valence-corrected chi connectivity index (χ3v) is 7.84. The zero-order chi connectivity index (χ0) is 25.3. The molecule has 0 amide bonds. The molecule has 34 heavy (non-hydrogen) atoms. The molecule has 2 aromatic carbocycles. The highest BCUT2D eigenvalue weighted by Crippen LogP contribution is 2.36. The van der Waals surface area contributed by atoms with Crippen molar-refractivity contribution in [2.24, 2.45) is 32.7 Å². The molecule has 0 fully saturated rings. The number of benzene rings is 2. The Morgan fingerprint density at radius 3 is 2.44 bits per heavy atom. The van der Waals surface area contributed by atoms with Gasteiger partial charge in [0.2, 0.25) is 10.0 Å². The average Bonchev–Trinajstić information content (AvgIpc) is 3.21. The first-order chi connectivity index (χ1) is 15.9. The summed E-state index contributed by atoms with van der Waals surface area (Å²) >= 11 is 0. The largest absolute Gasteiger partial charge is 0.391 e. The van der Waals surface area contributed by atoms with Gasteiger partial charge in [-0.1, -0.05) is 23.4 Å². The van der Waals surface area contributed by atoms with E-state index in [0.717, 1.165) is 6.07 Å². The van der Waals surface area contributed by atoms with Crippen LogP contribution in [0, 0.1) is 5.53 Å². The number of amidine groups is 1. The smallest absolute Gasteiger partial charge is 0.240 e. The number of imidazole rings is 1. The van der Waals surface area contributed by atoms with E-state index in [2.05, 4.69) is 20.3 Å². The standard InChI is InChI=1S/C18H23N9O5S2/c19-6-9(28)8-33(29,30)13-5-4-10(15(18(21)26-27-22)17(13)34(23,31)32)11-2-1-3-12-16(11)25-14(7-20)24-12/h1-5,9,28H,6-8,19-20H2,(H,24,25)(H3,21,22,26)(H2,23,31,32)/t9-/m0/s1. The lowest BCUT2D eigenvalue weighted by Crippen LogP contribution is -2.31. The number of nitrogens with two attached hydrogens (primary N) is 4. The molecule has 11 N–H and O–H groups in total. The van der Waals surface area contributed by atoms with Crippen molar-refractivity contribution in [3.05, 3.63) is 41.7 Å². The van der Waals surface area contributed by atoms with E-state index in [1.807, 2.05) is 0 Å². The van der Waals surface area contributed by atoms with Crippen molar-refractivity contribution in [3.63, 3.8) is 0 Å². The van der Waals surface area contributed by atoms with Crippen LogP contribution < -0.4 is 22.3 Å². The number of sulfonamides is 1. The zero-order valence-electron chi connectivity index (χ0n) is 17.6. The van der Waals surface area contributed by atoms with Crippen molar-refractivity contribution in [1.29, 1.82) is 5.53 Å². The predicted octanol–water partition coefficient (Wildman–Crippen LogP) is -0.919. The number of aliphatic hydroxyl groups excluding tert-OH is 1. The monoisotopic (exact) mass is 509 g/mol. The fraction of sp³-hybridized carbons (Fsp3) is 0.222. The van der Waals surface area contributed by atoms with Gasteiger partial charge in [0.05, 0.1) is 34.3 Å². The lowest BCUT2D eigenvalue weighted by molar-refractivity contribution is 0.205. The summed E-state index contributed by atoms with van der Waals surface area (Å²) < 4.78 is 51.4. The second-order valence-electron chi connectivity index (χ2n) is 7.21. The van der Waals surface area contributed by atoms with E-state index in [0.29, 0.717) is 22.4 Å². The molecule has 1 aromatic heterocycles. The highest BCUT2D eigenvalue weighted by Gasteiger charge is 2.33. The fourth-order valence-corrected chi connectivity index (χ4v) is 6.54. The topological polar surface area (TPSA) is 270 Å². The molecule has 1 atom stereocenters. The molecule has 3 aromatic rings. The Hall–Kier alpha value is -3.28. The minimum Gasteiger partial charge on any atom is -0.391 e. The maximum Gasteiger partial charge on any atom is 0.240 e. The Bertz CT molecular complexity index is 1500. The third-order valence-electron chi connectivity index (χ3n) is 4.88. The van der Waals surface area contributed by atoms with E-state index < -0.39 is 47.3 Å². The molecular weight excluding hydrogens is 486 g/mol. The van der Waals surface area contributed by atoms with Crippen LogP contribution in [0.5, 0.6) is 0 Å². The molecule has 14 nitrogen and oxygen atoms in total. The molecule has 0 spiro atoms. The first-order valence-electron chi connectivity index (χ1n) is 9.63. The molecule has 0 radical (unpaired) electrons. The molecule has 0 aliphatic rings. The molecule has 0 aliphatic carbocycles. The third kappa shape index (κ3) is 4.81. The quantitative estimate of drug-likeness (QED) is 0.0811. The molecule has 182 valence electrons. The van der Waals surface area contributed by atoms with Crippen LogP contribution in [0.2, 0.25) is 0 Å². The lowest BCUT2D eigenvalue weighted by Gasteiger charge is -2.18. The van der Waals surface area contributed by atoms with Crippen LogP contribution in [0.4, 0.5) is 0 Å². The highest BCUT2D eigenvalue weighted by atomic mass is 32.2. The van der Waals surface area contributed by atoms with E-state index in [-0.39, 0.29) is 24.2 Å².